The van der Waals surface area contributed by atoms with Gasteiger partial charge in [-0.3, -0.25) is 9.48 Å². The first-order chi connectivity index (χ1) is 8.62. The highest BCUT2D eigenvalue weighted by Gasteiger charge is 2.51. The maximum absolute atomic E-state index is 12.5. The summed E-state index contributed by atoms with van der Waals surface area (Å²) in [5.41, 5.74) is 7.64. The lowest BCUT2D eigenvalue weighted by atomic mass is 9.89. The van der Waals surface area contributed by atoms with E-state index in [0.717, 1.165) is 24.1 Å². The summed E-state index contributed by atoms with van der Waals surface area (Å²) in [6.07, 6.45) is 3.59. The third-order valence-corrected chi connectivity index (χ3v) is 3.59. The first-order valence-corrected chi connectivity index (χ1v) is 6.02. The molecule has 0 aliphatic heterocycles. The Balaban J connectivity index is 1.96. The van der Waals surface area contributed by atoms with E-state index in [4.69, 9.17) is 5.73 Å². The molecular weight excluding hydrogens is 226 g/mol. The van der Waals surface area contributed by atoms with Gasteiger partial charge < -0.3 is 5.73 Å². The average molecular weight is 241 g/mol. The molecule has 1 aliphatic carbocycles. The van der Waals surface area contributed by atoms with Crippen molar-refractivity contribution in [2.24, 2.45) is 7.05 Å². The third kappa shape index (κ3) is 1.61. The van der Waals surface area contributed by atoms with Gasteiger partial charge in [-0.15, -0.1) is 0 Å². The van der Waals surface area contributed by atoms with E-state index in [1.54, 1.807) is 16.9 Å². The summed E-state index contributed by atoms with van der Waals surface area (Å²) < 4.78 is 1.66. The van der Waals surface area contributed by atoms with Crippen molar-refractivity contribution in [3.05, 3.63) is 47.8 Å². The lowest BCUT2D eigenvalue weighted by Crippen LogP contribution is -2.21. The molecule has 1 heterocycles. The zero-order valence-electron chi connectivity index (χ0n) is 10.3. The van der Waals surface area contributed by atoms with Crippen molar-refractivity contribution >= 4 is 11.5 Å². The molecule has 4 heteroatoms. The number of anilines is 1. The smallest absolute Gasteiger partial charge is 0.193 e. The molecule has 0 atom stereocenters. The summed E-state index contributed by atoms with van der Waals surface area (Å²) in [7, 11) is 1.82. The number of carbonyl (C=O) groups is 1. The van der Waals surface area contributed by atoms with E-state index in [1.165, 1.54) is 0 Å². The summed E-state index contributed by atoms with van der Waals surface area (Å²) in [6, 6.07) is 9.37. The number of Topliss-reactive ketones (excluding diaryl/α,β-unsaturated/α-hetero) is 1. The summed E-state index contributed by atoms with van der Waals surface area (Å²) in [5, 5.41) is 4.20. The van der Waals surface area contributed by atoms with E-state index in [-0.39, 0.29) is 11.2 Å². The molecule has 1 aliphatic rings. The lowest BCUT2D eigenvalue weighted by Gasteiger charge is -2.13. The van der Waals surface area contributed by atoms with Gasteiger partial charge in [0.1, 0.15) is 5.69 Å². The Labute approximate surface area is 105 Å². The van der Waals surface area contributed by atoms with Gasteiger partial charge >= 0.3 is 0 Å². The van der Waals surface area contributed by atoms with E-state index in [2.05, 4.69) is 5.10 Å². The topological polar surface area (TPSA) is 60.9 Å². The molecule has 1 saturated carbocycles. The predicted octanol–water partition coefficient (Wildman–Crippen LogP) is 1.92. The molecule has 18 heavy (non-hydrogen) atoms. The Bertz CT molecular complexity index is 594. The Kier molecular flexibility index (Phi) is 2.26. The lowest BCUT2D eigenvalue weighted by molar-refractivity contribution is 0.0940. The first kappa shape index (κ1) is 11.0. The summed E-state index contributed by atoms with van der Waals surface area (Å²) in [5.74, 6) is 0.118. The van der Waals surface area contributed by atoms with Gasteiger partial charge in [0.25, 0.3) is 0 Å². The molecule has 0 saturated heterocycles. The molecule has 0 spiro atoms. The van der Waals surface area contributed by atoms with E-state index in [0.29, 0.717) is 5.69 Å². The van der Waals surface area contributed by atoms with Gasteiger partial charge in [0.2, 0.25) is 0 Å². The number of nitrogens with two attached hydrogens (primary N) is 1. The van der Waals surface area contributed by atoms with Crippen LogP contribution < -0.4 is 5.73 Å². The fourth-order valence-electron chi connectivity index (χ4n) is 2.36. The number of benzene rings is 1. The Morgan fingerprint density at radius 3 is 2.44 bits per heavy atom. The molecule has 4 nitrogen and oxygen atoms in total. The molecule has 0 bridgehead atoms. The zero-order chi connectivity index (χ0) is 12.8. The molecule has 92 valence electrons. The number of hydrogen-bond donors (Lipinski definition) is 1. The Hall–Kier alpha value is -2.10. The van der Waals surface area contributed by atoms with Crippen LogP contribution in [0.5, 0.6) is 0 Å². The van der Waals surface area contributed by atoms with Gasteiger partial charge in [-0.1, -0.05) is 12.1 Å². The van der Waals surface area contributed by atoms with E-state index in [1.807, 2.05) is 31.3 Å². The number of nitrogens with zero attached hydrogens (tertiary/aromatic N) is 2. The van der Waals surface area contributed by atoms with Crippen LogP contribution in [-0.2, 0) is 12.5 Å². The molecule has 0 unspecified atom stereocenters. The monoisotopic (exact) mass is 241 g/mol. The van der Waals surface area contributed by atoms with Gasteiger partial charge in [0.15, 0.2) is 5.78 Å². The highest BCUT2D eigenvalue weighted by Crippen LogP contribution is 2.50. The van der Waals surface area contributed by atoms with Crippen molar-refractivity contribution in [2.45, 2.75) is 18.3 Å². The van der Waals surface area contributed by atoms with E-state index < -0.39 is 0 Å². The van der Waals surface area contributed by atoms with Crippen molar-refractivity contribution in [1.82, 2.24) is 9.78 Å². The second kappa shape index (κ2) is 3.70. The van der Waals surface area contributed by atoms with Crippen molar-refractivity contribution in [2.75, 3.05) is 5.73 Å². The number of carbonyl (C=O) groups excluding carboxylic acids is 1. The second-order valence-corrected chi connectivity index (χ2v) is 4.91. The first-order valence-electron chi connectivity index (χ1n) is 6.02. The predicted molar refractivity (Wildman–Crippen MR) is 69.3 cm³/mol. The molecule has 1 fully saturated rings. The van der Waals surface area contributed by atoms with Crippen LogP contribution in [0.3, 0.4) is 0 Å². The van der Waals surface area contributed by atoms with Gasteiger partial charge in [0.05, 0.1) is 5.41 Å². The maximum Gasteiger partial charge on any atom is 0.193 e. The van der Waals surface area contributed by atoms with Crippen LogP contribution in [0.2, 0.25) is 0 Å². The van der Waals surface area contributed by atoms with Gasteiger partial charge in [0, 0.05) is 18.9 Å². The fourth-order valence-corrected chi connectivity index (χ4v) is 2.36. The van der Waals surface area contributed by atoms with Crippen LogP contribution >= 0.6 is 0 Å². The number of aromatic nitrogens is 2. The molecule has 0 amide bonds. The minimum atomic E-state index is -0.359. The molecule has 1 aromatic heterocycles. The molecular formula is C14H15N3O. The van der Waals surface area contributed by atoms with Crippen LogP contribution in [0.4, 0.5) is 5.69 Å². The minimum Gasteiger partial charge on any atom is -0.399 e. The van der Waals surface area contributed by atoms with Crippen LogP contribution in [-0.4, -0.2) is 15.6 Å². The number of nitrogen functional groups attached to an aromatic ring is 1. The molecule has 2 N–H and O–H groups in total. The van der Waals surface area contributed by atoms with Crippen molar-refractivity contribution in [3.8, 4) is 0 Å². The van der Waals surface area contributed by atoms with Crippen molar-refractivity contribution in [1.29, 1.82) is 0 Å². The quantitative estimate of drug-likeness (QED) is 0.659. The highest BCUT2D eigenvalue weighted by atomic mass is 16.1. The fraction of sp³-hybridized carbons (Fsp3) is 0.286. The van der Waals surface area contributed by atoms with Crippen LogP contribution in [0.15, 0.2) is 36.5 Å². The largest absolute Gasteiger partial charge is 0.399 e. The SMILES string of the molecule is Cn1ccc(C(=O)C2(c3ccc(N)cc3)CC2)n1. The number of rotatable bonds is 3. The van der Waals surface area contributed by atoms with Crippen LogP contribution in [0, 0.1) is 0 Å². The van der Waals surface area contributed by atoms with E-state index in [9.17, 15) is 4.79 Å². The number of aryl methyl sites for hydroxylation is 1. The number of ketones is 1. The zero-order valence-corrected chi connectivity index (χ0v) is 10.3. The minimum absolute atomic E-state index is 0.118. The van der Waals surface area contributed by atoms with E-state index >= 15 is 0 Å². The van der Waals surface area contributed by atoms with Crippen molar-refractivity contribution < 1.29 is 4.79 Å². The normalized spacial score (nSPS) is 16.5. The number of hydrogen-bond acceptors (Lipinski definition) is 3. The van der Waals surface area contributed by atoms with Crippen LogP contribution in [0.25, 0.3) is 0 Å². The summed E-state index contributed by atoms with van der Waals surface area (Å²) >= 11 is 0. The third-order valence-electron chi connectivity index (χ3n) is 3.59. The summed E-state index contributed by atoms with van der Waals surface area (Å²) in [4.78, 5) is 12.5. The van der Waals surface area contributed by atoms with Gasteiger partial charge in [-0.2, -0.15) is 5.10 Å². The molecule has 3 rings (SSSR count). The highest BCUT2D eigenvalue weighted by molar-refractivity contribution is 6.04. The molecule has 1 aromatic carbocycles. The van der Waals surface area contributed by atoms with Gasteiger partial charge in [-0.05, 0) is 36.6 Å². The van der Waals surface area contributed by atoms with Crippen LogP contribution in [0.1, 0.15) is 28.9 Å². The average Bonchev–Trinajstić information content (AvgIpc) is 3.06. The Morgan fingerprint density at radius 2 is 1.94 bits per heavy atom. The molecule has 2 aromatic rings. The van der Waals surface area contributed by atoms with Gasteiger partial charge in [-0.25, -0.2) is 0 Å². The maximum atomic E-state index is 12.5. The second-order valence-electron chi connectivity index (χ2n) is 4.91. The standard InChI is InChI=1S/C14H15N3O/c1-17-9-6-12(16-17)13(18)14(7-8-14)10-2-4-11(15)5-3-10/h2-6,9H,7-8,15H2,1H3. The van der Waals surface area contributed by atoms with Crippen molar-refractivity contribution in [3.63, 3.8) is 0 Å². The molecule has 0 radical (unpaired) electrons. The summed E-state index contributed by atoms with van der Waals surface area (Å²) in [6.45, 7) is 0. The Morgan fingerprint density at radius 1 is 1.28 bits per heavy atom.